The Morgan fingerprint density at radius 2 is 2.00 bits per heavy atom. The van der Waals surface area contributed by atoms with E-state index in [4.69, 9.17) is 9.47 Å². The van der Waals surface area contributed by atoms with Crippen molar-refractivity contribution >= 4 is 15.9 Å². The van der Waals surface area contributed by atoms with Crippen LogP contribution in [0, 0.1) is 6.92 Å². The lowest BCUT2D eigenvalue weighted by atomic mass is 10.2. The Bertz CT molecular complexity index is 581. The molecule has 1 aromatic carbocycles. The molecule has 0 fully saturated rings. The van der Waals surface area contributed by atoms with E-state index in [1.165, 1.54) is 0 Å². The van der Waals surface area contributed by atoms with Crippen LogP contribution in [0.1, 0.15) is 11.3 Å². The number of nitrogens with zero attached hydrogens (tertiary/aromatic N) is 2. The van der Waals surface area contributed by atoms with Crippen molar-refractivity contribution in [2.75, 3.05) is 20.3 Å². The SMILES string of the molecule is COc1c(CNCCOc2ccc(Br)cc2)c(C)nn1C. The van der Waals surface area contributed by atoms with E-state index in [0.717, 1.165) is 33.9 Å². The van der Waals surface area contributed by atoms with Gasteiger partial charge in [0.05, 0.1) is 18.4 Å². The van der Waals surface area contributed by atoms with Gasteiger partial charge >= 0.3 is 0 Å². The van der Waals surface area contributed by atoms with Crippen molar-refractivity contribution in [1.82, 2.24) is 15.1 Å². The molecule has 0 saturated carbocycles. The van der Waals surface area contributed by atoms with Crippen LogP contribution in [0.2, 0.25) is 0 Å². The van der Waals surface area contributed by atoms with E-state index in [9.17, 15) is 0 Å². The van der Waals surface area contributed by atoms with Crippen LogP contribution >= 0.6 is 15.9 Å². The largest absolute Gasteiger partial charge is 0.492 e. The maximum absolute atomic E-state index is 5.66. The summed E-state index contributed by atoms with van der Waals surface area (Å²) in [4.78, 5) is 0. The third-order valence-electron chi connectivity index (χ3n) is 3.15. The molecule has 0 aliphatic heterocycles. The molecular weight excluding hydrogens is 334 g/mol. The van der Waals surface area contributed by atoms with E-state index < -0.39 is 0 Å². The van der Waals surface area contributed by atoms with Crippen LogP contribution in [0.5, 0.6) is 11.6 Å². The van der Waals surface area contributed by atoms with E-state index in [0.29, 0.717) is 13.2 Å². The Labute approximate surface area is 133 Å². The van der Waals surface area contributed by atoms with Crippen LogP contribution in [0.15, 0.2) is 28.7 Å². The van der Waals surface area contributed by atoms with Crippen LogP contribution in [-0.4, -0.2) is 30.0 Å². The minimum absolute atomic E-state index is 0.614. The molecule has 0 aliphatic carbocycles. The van der Waals surface area contributed by atoms with Gasteiger partial charge in [-0.3, -0.25) is 0 Å². The summed E-state index contributed by atoms with van der Waals surface area (Å²) in [7, 11) is 3.54. The molecule has 6 heteroatoms. The summed E-state index contributed by atoms with van der Waals surface area (Å²) in [5, 5.41) is 7.70. The van der Waals surface area contributed by atoms with Gasteiger partial charge in [-0.2, -0.15) is 5.10 Å². The highest BCUT2D eigenvalue weighted by Gasteiger charge is 2.12. The Morgan fingerprint density at radius 1 is 1.29 bits per heavy atom. The van der Waals surface area contributed by atoms with Gasteiger partial charge in [-0.25, -0.2) is 4.68 Å². The maximum atomic E-state index is 5.66. The molecule has 2 rings (SSSR count). The van der Waals surface area contributed by atoms with Crippen molar-refractivity contribution in [3.05, 3.63) is 40.0 Å². The van der Waals surface area contributed by atoms with Crippen LogP contribution in [0.25, 0.3) is 0 Å². The molecule has 1 heterocycles. The Balaban J connectivity index is 1.76. The summed E-state index contributed by atoms with van der Waals surface area (Å²) in [5.41, 5.74) is 2.07. The number of aromatic nitrogens is 2. The zero-order chi connectivity index (χ0) is 15.2. The molecule has 1 aromatic heterocycles. The third kappa shape index (κ3) is 4.22. The predicted octanol–water partition coefficient (Wildman–Crippen LogP) is 2.67. The molecule has 0 amide bonds. The van der Waals surface area contributed by atoms with Crippen molar-refractivity contribution in [1.29, 1.82) is 0 Å². The first-order valence-corrected chi connectivity index (χ1v) is 7.56. The third-order valence-corrected chi connectivity index (χ3v) is 3.67. The molecule has 0 aliphatic rings. The van der Waals surface area contributed by atoms with Gasteiger partial charge in [-0.1, -0.05) is 15.9 Å². The van der Waals surface area contributed by atoms with Gasteiger partial charge in [-0.15, -0.1) is 0 Å². The van der Waals surface area contributed by atoms with Crippen molar-refractivity contribution < 1.29 is 9.47 Å². The summed E-state index contributed by atoms with van der Waals surface area (Å²) in [5.74, 6) is 1.67. The second-order valence-corrected chi connectivity index (χ2v) is 5.59. The lowest BCUT2D eigenvalue weighted by molar-refractivity contribution is 0.312. The number of methoxy groups -OCH3 is 1. The first-order valence-electron chi connectivity index (χ1n) is 6.77. The number of ether oxygens (including phenoxy) is 2. The van der Waals surface area contributed by atoms with Gasteiger partial charge in [0, 0.05) is 24.6 Å². The summed E-state index contributed by atoms with van der Waals surface area (Å²) >= 11 is 3.40. The highest BCUT2D eigenvalue weighted by atomic mass is 79.9. The smallest absolute Gasteiger partial charge is 0.216 e. The van der Waals surface area contributed by atoms with Gasteiger partial charge in [0.2, 0.25) is 5.88 Å². The van der Waals surface area contributed by atoms with Crippen molar-refractivity contribution in [3.8, 4) is 11.6 Å². The molecule has 0 atom stereocenters. The topological polar surface area (TPSA) is 48.3 Å². The molecule has 21 heavy (non-hydrogen) atoms. The van der Waals surface area contributed by atoms with Gasteiger partial charge < -0.3 is 14.8 Å². The summed E-state index contributed by atoms with van der Waals surface area (Å²) < 4.78 is 13.8. The fraction of sp³-hybridized carbons (Fsp3) is 0.400. The van der Waals surface area contributed by atoms with Crippen LogP contribution in [0.4, 0.5) is 0 Å². The molecule has 5 nitrogen and oxygen atoms in total. The fourth-order valence-corrected chi connectivity index (χ4v) is 2.39. The zero-order valence-corrected chi connectivity index (χ0v) is 14.1. The first kappa shape index (κ1) is 15.9. The highest BCUT2D eigenvalue weighted by molar-refractivity contribution is 9.10. The number of aryl methyl sites for hydroxylation is 2. The minimum atomic E-state index is 0.614. The number of benzene rings is 1. The standard InChI is InChI=1S/C15H20BrN3O2/c1-11-14(15(20-3)19(2)18-11)10-17-8-9-21-13-6-4-12(16)5-7-13/h4-7,17H,8-10H2,1-3H3. The Hall–Kier alpha value is -1.53. The summed E-state index contributed by atoms with van der Waals surface area (Å²) in [6.07, 6.45) is 0. The molecule has 0 unspecified atom stereocenters. The molecule has 1 N–H and O–H groups in total. The fourth-order valence-electron chi connectivity index (χ4n) is 2.12. The van der Waals surface area contributed by atoms with Gasteiger partial charge in [0.1, 0.15) is 12.4 Å². The van der Waals surface area contributed by atoms with Crippen molar-refractivity contribution in [2.24, 2.45) is 7.05 Å². The molecule has 0 spiro atoms. The molecule has 0 radical (unpaired) electrons. The number of rotatable bonds is 7. The number of nitrogens with one attached hydrogen (secondary N) is 1. The predicted molar refractivity (Wildman–Crippen MR) is 85.8 cm³/mol. The van der Waals surface area contributed by atoms with Crippen molar-refractivity contribution in [2.45, 2.75) is 13.5 Å². The summed E-state index contributed by atoms with van der Waals surface area (Å²) in [6, 6.07) is 7.82. The van der Waals surface area contributed by atoms with E-state index in [-0.39, 0.29) is 0 Å². The van der Waals surface area contributed by atoms with Gasteiger partial charge in [0.25, 0.3) is 0 Å². The first-order chi connectivity index (χ1) is 10.1. The van der Waals surface area contributed by atoms with Gasteiger partial charge in [-0.05, 0) is 31.2 Å². The maximum Gasteiger partial charge on any atom is 0.216 e. The minimum Gasteiger partial charge on any atom is -0.492 e. The van der Waals surface area contributed by atoms with Gasteiger partial charge in [0.15, 0.2) is 0 Å². The lowest BCUT2D eigenvalue weighted by Gasteiger charge is -2.08. The number of hydrogen-bond donors (Lipinski definition) is 1. The quantitative estimate of drug-likeness (QED) is 0.777. The highest BCUT2D eigenvalue weighted by Crippen LogP contribution is 2.20. The second-order valence-electron chi connectivity index (χ2n) is 4.68. The number of halogens is 1. The van der Waals surface area contributed by atoms with Crippen LogP contribution in [0.3, 0.4) is 0 Å². The average Bonchev–Trinajstić information content (AvgIpc) is 2.74. The van der Waals surface area contributed by atoms with Crippen LogP contribution < -0.4 is 14.8 Å². The van der Waals surface area contributed by atoms with E-state index >= 15 is 0 Å². The normalized spacial score (nSPS) is 10.7. The molecule has 2 aromatic rings. The van der Waals surface area contributed by atoms with E-state index in [1.807, 2.05) is 38.2 Å². The average molecular weight is 354 g/mol. The molecule has 0 bridgehead atoms. The second kappa shape index (κ2) is 7.47. The Kier molecular flexibility index (Phi) is 5.64. The molecular formula is C15H20BrN3O2. The van der Waals surface area contributed by atoms with E-state index in [2.05, 4.69) is 26.3 Å². The molecule has 114 valence electrons. The number of hydrogen-bond acceptors (Lipinski definition) is 4. The van der Waals surface area contributed by atoms with E-state index in [1.54, 1.807) is 11.8 Å². The monoisotopic (exact) mass is 353 g/mol. The van der Waals surface area contributed by atoms with Crippen molar-refractivity contribution in [3.63, 3.8) is 0 Å². The van der Waals surface area contributed by atoms with Crippen LogP contribution in [-0.2, 0) is 13.6 Å². The zero-order valence-electron chi connectivity index (χ0n) is 12.5. The Morgan fingerprint density at radius 3 is 2.67 bits per heavy atom. The molecule has 0 saturated heterocycles. The summed E-state index contributed by atoms with van der Waals surface area (Å²) in [6.45, 7) is 4.07. The lowest BCUT2D eigenvalue weighted by Crippen LogP contribution is -2.21.